The Labute approximate surface area is 130 Å². The Morgan fingerprint density at radius 3 is 2.86 bits per heavy atom. The molecule has 2 aliphatic rings. The maximum Gasteiger partial charge on any atom is 0.0372 e. The molecule has 0 saturated heterocycles. The van der Waals surface area contributed by atoms with Crippen LogP contribution in [0.15, 0.2) is 41.8 Å². The van der Waals surface area contributed by atoms with Crippen molar-refractivity contribution in [1.29, 1.82) is 0 Å². The highest BCUT2D eigenvalue weighted by molar-refractivity contribution is 7.09. The summed E-state index contributed by atoms with van der Waals surface area (Å²) in [5.74, 6) is 0.737. The van der Waals surface area contributed by atoms with E-state index < -0.39 is 0 Å². The first kappa shape index (κ1) is 13.4. The van der Waals surface area contributed by atoms with Gasteiger partial charge in [0, 0.05) is 36.2 Å². The van der Waals surface area contributed by atoms with Gasteiger partial charge in [0.25, 0.3) is 0 Å². The number of hydrogen-bond acceptors (Lipinski definition) is 3. The lowest BCUT2D eigenvalue weighted by atomic mass is 9.93. The topological polar surface area (TPSA) is 15.3 Å². The summed E-state index contributed by atoms with van der Waals surface area (Å²) in [5.41, 5.74) is 2.82. The smallest absolute Gasteiger partial charge is 0.0372 e. The number of anilines is 1. The van der Waals surface area contributed by atoms with Gasteiger partial charge in [0.15, 0.2) is 0 Å². The van der Waals surface area contributed by atoms with Crippen LogP contribution < -0.4 is 5.32 Å². The van der Waals surface area contributed by atoms with Crippen molar-refractivity contribution < 1.29 is 0 Å². The van der Waals surface area contributed by atoms with Gasteiger partial charge in [-0.15, -0.1) is 11.3 Å². The molecular weight excluding hydrogens is 276 g/mol. The molecule has 1 aliphatic heterocycles. The first-order valence-corrected chi connectivity index (χ1v) is 8.84. The van der Waals surface area contributed by atoms with Crippen molar-refractivity contribution in [3.8, 4) is 0 Å². The quantitative estimate of drug-likeness (QED) is 0.897. The molecule has 110 valence electrons. The van der Waals surface area contributed by atoms with E-state index in [0.29, 0.717) is 0 Å². The molecule has 1 atom stereocenters. The minimum atomic E-state index is 0.737. The fourth-order valence-corrected chi connectivity index (χ4v) is 4.08. The van der Waals surface area contributed by atoms with Crippen molar-refractivity contribution in [2.45, 2.75) is 31.8 Å². The number of rotatable bonds is 5. The molecule has 21 heavy (non-hydrogen) atoms. The second kappa shape index (κ2) is 5.82. The Bertz CT molecular complexity index is 589. The van der Waals surface area contributed by atoms with Crippen molar-refractivity contribution in [3.05, 3.63) is 52.2 Å². The number of thiophene rings is 1. The molecule has 2 nitrogen and oxygen atoms in total. The van der Waals surface area contributed by atoms with Crippen molar-refractivity contribution in [2.24, 2.45) is 5.92 Å². The summed E-state index contributed by atoms with van der Waals surface area (Å²) in [7, 11) is 0. The van der Waals surface area contributed by atoms with Crippen molar-refractivity contribution in [1.82, 2.24) is 4.90 Å². The second-order valence-corrected chi connectivity index (χ2v) is 7.38. The Morgan fingerprint density at radius 2 is 2.05 bits per heavy atom. The maximum atomic E-state index is 3.61. The van der Waals surface area contributed by atoms with Crippen LogP contribution in [0.2, 0.25) is 0 Å². The highest BCUT2D eigenvalue weighted by Crippen LogP contribution is 2.32. The first-order valence-electron chi connectivity index (χ1n) is 7.97. The summed E-state index contributed by atoms with van der Waals surface area (Å²) in [6.07, 6.45) is 4.00. The summed E-state index contributed by atoms with van der Waals surface area (Å²) in [4.78, 5) is 4.22. The highest BCUT2D eigenvalue weighted by Gasteiger charge is 2.31. The number of nitrogens with zero attached hydrogens (tertiary/aromatic N) is 1. The van der Waals surface area contributed by atoms with Crippen LogP contribution in [-0.2, 0) is 13.0 Å². The maximum absolute atomic E-state index is 3.61. The normalized spacial score (nSPS) is 21.1. The van der Waals surface area contributed by atoms with Crippen molar-refractivity contribution >= 4 is 17.0 Å². The zero-order valence-electron chi connectivity index (χ0n) is 12.3. The molecule has 1 N–H and O–H groups in total. The fraction of sp³-hybridized carbons (Fsp3) is 0.444. The Balaban J connectivity index is 1.42. The minimum Gasteiger partial charge on any atom is -0.384 e. The summed E-state index contributed by atoms with van der Waals surface area (Å²) in [5, 5.41) is 5.81. The number of benzene rings is 1. The molecule has 4 rings (SSSR count). The van der Waals surface area contributed by atoms with E-state index in [1.165, 1.54) is 41.9 Å². The first-order chi connectivity index (χ1) is 10.4. The monoisotopic (exact) mass is 298 g/mol. The molecule has 0 bridgehead atoms. The van der Waals surface area contributed by atoms with Crippen LogP contribution >= 0.6 is 11.3 Å². The Morgan fingerprint density at radius 1 is 1.14 bits per heavy atom. The van der Waals surface area contributed by atoms with Gasteiger partial charge in [-0.2, -0.15) is 0 Å². The van der Waals surface area contributed by atoms with Gasteiger partial charge in [0.05, 0.1) is 0 Å². The Kier molecular flexibility index (Phi) is 3.70. The molecule has 2 heterocycles. The largest absolute Gasteiger partial charge is 0.384 e. The van der Waals surface area contributed by atoms with Gasteiger partial charge in [-0.25, -0.2) is 0 Å². The van der Waals surface area contributed by atoms with E-state index in [1.54, 1.807) is 0 Å². The zero-order valence-corrected chi connectivity index (χ0v) is 13.1. The molecule has 1 aliphatic carbocycles. The van der Waals surface area contributed by atoms with Crippen LogP contribution in [0.4, 0.5) is 5.69 Å². The highest BCUT2D eigenvalue weighted by atomic mass is 32.1. The molecule has 0 amide bonds. The van der Waals surface area contributed by atoms with E-state index in [4.69, 9.17) is 0 Å². The predicted octanol–water partition coefficient (Wildman–Crippen LogP) is 4.00. The molecule has 1 fully saturated rings. The molecule has 1 aromatic heterocycles. The summed E-state index contributed by atoms with van der Waals surface area (Å²) < 4.78 is 0. The van der Waals surface area contributed by atoms with E-state index in [9.17, 15) is 0 Å². The fourth-order valence-electron chi connectivity index (χ4n) is 3.35. The lowest BCUT2D eigenvalue weighted by Gasteiger charge is -2.31. The van der Waals surface area contributed by atoms with E-state index in [2.05, 4.69) is 52.0 Å². The third kappa shape index (κ3) is 3.14. The Hall–Kier alpha value is -1.32. The second-order valence-electron chi connectivity index (χ2n) is 6.35. The number of nitrogens with one attached hydrogen (secondary N) is 1. The van der Waals surface area contributed by atoms with Crippen molar-refractivity contribution in [3.63, 3.8) is 0 Å². The van der Waals surface area contributed by atoms with E-state index >= 15 is 0 Å². The lowest BCUT2D eigenvalue weighted by Crippen LogP contribution is -2.36. The summed E-state index contributed by atoms with van der Waals surface area (Å²) in [6.45, 7) is 3.48. The van der Waals surface area contributed by atoms with Gasteiger partial charge in [0.2, 0.25) is 0 Å². The average Bonchev–Trinajstić information content (AvgIpc) is 3.24. The van der Waals surface area contributed by atoms with Crippen LogP contribution in [0.25, 0.3) is 0 Å². The van der Waals surface area contributed by atoms with Crippen LogP contribution in [0.3, 0.4) is 0 Å². The van der Waals surface area contributed by atoms with E-state index in [0.717, 1.165) is 25.0 Å². The molecular formula is C18H22N2S. The SMILES string of the molecule is c1csc(CN(CC2CNc3ccccc3C2)C2CC2)c1. The van der Waals surface area contributed by atoms with Crippen molar-refractivity contribution in [2.75, 3.05) is 18.4 Å². The number of para-hydroxylation sites is 1. The van der Waals surface area contributed by atoms with Gasteiger partial charge in [-0.3, -0.25) is 4.90 Å². The third-order valence-electron chi connectivity index (χ3n) is 4.60. The predicted molar refractivity (Wildman–Crippen MR) is 89.9 cm³/mol. The molecule has 1 aromatic carbocycles. The number of fused-ring (bicyclic) bond motifs is 1. The van der Waals surface area contributed by atoms with Crippen LogP contribution in [0, 0.1) is 5.92 Å². The van der Waals surface area contributed by atoms with Crippen LogP contribution in [-0.4, -0.2) is 24.0 Å². The minimum absolute atomic E-state index is 0.737. The molecule has 0 spiro atoms. The molecule has 0 radical (unpaired) electrons. The van der Waals surface area contributed by atoms with Gasteiger partial charge in [0.1, 0.15) is 0 Å². The average molecular weight is 298 g/mol. The third-order valence-corrected chi connectivity index (χ3v) is 5.46. The summed E-state index contributed by atoms with van der Waals surface area (Å²) in [6, 6.07) is 14.0. The molecule has 3 heteroatoms. The number of hydrogen-bond donors (Lipinski definition) is 1. The summed E-state index contributed by atoms with van der Waals surface area (Å²) >= 11 is 1.89. The van der Waals surface area contributed by atoms with Crippen LogP contribution in [0.1, 0.15) is 23.3 Å². The molecule has 2 aromatic rings. The van der Waals surface area contributed by atoms with E-state index in [-0.39, 0.29) is 0 Å². The van der Waals surface area contributed by atoms with Gasteiger partial charge in [-0.1, -0.05) is 24.3 Å². The van der Waals surface area contributed by atoms with Gasteiger partial charge < -0.3 is 5.32 Å². The molecule has 1 unspecified atom stereocenters. The van der Waals surface area contributed by atoms with E-state index in [1.807, 2.05) is 11.3 Å². The van der Waals surface area contributed by atoms with Gasteiger partial charge >= 0.3 is 0 Å². The lowest BCUT2D eigenvalue weighted by molar-refractivity contribution is 0.216. The van der Waals surface area contributed by atoms with Gasteiger partial charge in [-0.05, 0) is 48.3 Å². The standard InChI is InChI=1S/C18H22N2S/c1-2-6-18-15(4-1)10-14(11-19-18)12-20(16-7-8-16)13-17-5-3-9-21-17/h1-6,9,14,16,19H,7-8,10-13H2. The zero-order chi connectivity index (χ0) is 14.1. The van der Waals surface area contributed by atoms with Crippen LogP contribution in [0.5, 0.6) is 0 Å². The molecule has 1 saturated carbocycles.